The quantitative estimate of drug-likeness (QED) is 0.800. The Morgan fingerprint density at radius 2 is 1.80 bits per heavy atom. The van der Waals surface area contributed by atoms with Crippen molar-refractivity contribution in [3.8, 4) is 11.5 Å². The normalized spacial score (nSPS) is 10.3. The first-order valence-electron chi connectivity index (χ1n) is 6.86. The zero-order valence-corrected chi connectivity index (χ0v) is 12.7. The van der Waals surface area contributed by atoms with E-state index in [4.69, 9.17) is 9.47 Å². The highest BCUT2D eigenvalue weighted by atomic mass is 32.1. The highest BCUT2D eigenvalue weighted by Gasteiger charge is 2.02. The average Bonchev–Trinajstić information content (AvgIpc) is 2.93. The standard InChI is InChI=1S/C15H20N2O2S/c1-3-9-16-15-17-10-14(20-15)11-19-13-7-5-12(6-8-13)18-4-2/h5-8,10H,3-4,9,11H2,1-2H3,(H,16,17). The minimum atomic E-state index is 0.541. The van der Waals surface area contributed by atoms with Gasteiger partial charge in [0.1, 0.15) is 18.1 Å². The average molecular weight is 292 g/mol. The fourth-order valence-corrected chi connectivity index (χ4v) is 2.39. The van der Waals surface area contributed by atoms with E-state index in [1.54, 1.807) is 11.3 Å². The molecule has 2 aromatic rings. The number of thiazole rings is 1. The lowest BCUT2D eigenvalue weighted by atomic mass is 10.3. The molecule has 0 radical (unpaired) electrons. The molecule has 0 spiro atoms. The van der Waals surface area contributed by atoms with Crippen LogP contribution in [0.15, 0.2) is 30.5 Å². The SMILES string of the molecule is CCCNc1ncc(COc2ccc(OCC)cc2)s1. The van der Waals surface area contributed by atoms with E-state index in [1.807, 2.05) is 37.4 Å². The van der Waals surface area contributed by atoms with Gasteiger partial charge in [-0.25, -0.2) is 4.98 Å². The van der Waals surface area contributed by atoms with Crippen LogP contribution in [0.25, 0.3) is 0 Å². The van der Waals surface area contributed by atoms with Crippen LogP contribution in [-0.2, 0) is 6.61 Å². The molecule has 1 N–H and O–H groups in total. The maximum atomic E-state index is 5.73. The second-order valence-electron chi connectivity index (χ2n) is 4.25. The summed E-state index contributed by atoms with van der Waals surface area (Å²) >= 11 is 1.63. The smallest absolute Gasteiger partial charge is 0.182 e. The highest BCUT2D eigenvalue weighted by molar-refractivity contribution is 7.15. The second-order valence-corrected chi connectivity index (χ2v) is 5.37. The Balaban J connectivity index is 1.83. The van der Waals surface area contributed by atoms with Crippen LogP contribution in [0.5, 0.6) is 11.5 Å². The molecule has 1 heterocycles. The van der Waals surface area contributed by atoms with Crippen LogP contribution in [0.2, 0.25) is 0 Å². The van der Waals surface area contributed by atoms with Gasteiger partial charge in [0.15, 0.2) is 5.13 Å². The van der Waals surface area contributed by atoms with Gasteiger partial charge in [0, 0.05) is 12.7 Å². The summed E-state index contributed by atoms with van der Waals surface area (Å²) in [6, 6.07) is 7.67. The maximum absolute atomic E-state index is 5.73. The second kappa shape index (κ2) is 7.75. The van der Waals surface area contributed by atoms with E-state index in [0.29, 0.717) is 13.2 Å². The Bertz CT molecular complexity index is 511. The van der Waals surface area contributed by atoms with E-state index >= 15 is 0 Å². The topological polar surface area (TPSA) is 43.4 Å². The molecule has 4 nitrogen and oxygen atoms in total. The number of nitrogens with zero attached hydrogens (tertiary/aromatic N) is 1. The minimum absolute atomic E-state index is 0.541. The molecule has 0 saturated carbocycles. The largest absolute Gasteiger partial charge is 0.494 e. The predicted molar refractivity (Wildman–Crippen MR) is 82.8 cm³/mol. The fraction of sp³-hybridized carbons (Fsp3) is 0.400. The molecule has 5 heteroatoms. The zero-order chi connectivity index (χ0) is 14.2. The molecule has 0 bridgehead atoms. The molecule has 108 valence electrons. The van der Waals surface area contributed by atoms with Gasteiger partial charge < -0.3 is 14.8 Å². The van der Waals surface area contributed by atoms with Crippen molar-refractivity contribution in [3.05, 3.63) is 35.3 Å². The summed E-state index contributed by atoms with van der Waals surface area (Å²) in [7, 11) is 0. The molecule has 0 fully saturated rings. The molecule has 0 saturated heterocycles. The van der Waals surface area contributed by atoms with Crippen molar-refractivity contribution in [2.24, 2.45) is 0 Å². The van der Waals surface area contributed by atoms with Crippen LogP contribution in [0.4, 0.5) is 5.13 Å². The Morgan fingerprint density at radius 1 is 1.10 bits per heavy atom. The third-order valence-electron chi connectivity index (χ3n) is 2.60. The Kier molecular flexibility index (Phi) is 5.68. The van der Waals surface area contributed by atoms with E-state index in [9.17, 15) is 0 Å². The first-order chi connectivity index (χ1) is 9.81. The van der Waals surface area contributed by atoms with Crippen molar-refractivity contribution in [2.45, 2.75) is 26.9 Å². The van der Waals surface area contributed by atoms with Gasteiger partial charge in [-0.1, -0.05) is 18.3 Å². The van der Waals surface area contributed by atoms with Crippen molar-refractivity contribution in [3.63, 3.8) is 0 Å². The van der Waals surface area contributed by atoms with Gasteiger partial charge in [-0.3, -0.25) is 0 Å². The number of hydrogen-bond donors (Lipinski definition) is 1. The Labute approximate surface area is 123 Å². The van der Waals surface area contributed by atoms with Crippen LogP contribution >= 0.6 is 11.3 Å². The van der Waals surface area contributed by atoms with Crippen molar-refractivity contribution >= 4 is 16.5 Å². The van der Waals surface area contributed by atoms with Crippen molar-refractivity contribution < 1.29 is 9.47 Å². The third kappa shape index (κ3) is 4.42. The van der Waals surface area contributed by atoms with Gasteiger partial charge >= 0.3 is 0 Å². The van der Waals surface area contributed by atoms with E-state index < -0.39 is 0 Å². The molecule has 0 unspecified atom stereocenters. The van der Waals surface area contributed by atoms with Gasteiger partial charge in [0.05, 0.1) is 11.5 Å². The molecular formula is C15H20N2O2S. The molecule has 20 heavy (non-hydrogen) atoms. The van der Waals surface area contributed by atoms with Crippen LogP contribution in [-0.4, -0.2) is 18.1 Å². The molecule has 0 aliphatic heterocycles. The van der Waals surface area contributed by atoms with Gasteiger partial charge in [0.2, 0.25) is 0 Å². The van der Waals surface area contributed by atoms with E-state index in [1.165, 1.54) is 0 Å². The van der Waals surface area contributed by atoms with E-state index in [0.717, 1.165) is 34.5 Å². The first kappa shape index (κ1) is 14.7. The number of benzene rings is 1. The fourth-order valence-electron chi connectivity index (χ4n) is 1.64. The molecule has 2 rings (SSSR count). The Hall–Kier alpha value is -1.75. The molecule has 1 aromatic carbocycles. The summed E-state index contributed by atoms with van der Waals surface area (Å²) in [5.74, 6) is 1.70. The highest BCUT2D eigenvalue weighted by Crippen LogP contribution is 2.22. The van der Waals surface area contributed by atoms with E-state index in [2.05, 4.69) is 17.2 Å². The van der Waals surface area contributed by atoms with E-state index in [-0.39, 0.29) is 0 Å². The third-order valence-corrected chi connectivity index (χ3v) is 3.52. The molecular weight excluding hydrogens is 272 g/mol. The maximum Gasteiger partial charge on any atom is 0.182 e. The van der Waals surface area contributed by atoms with Crippen molar-refractivity contribution in [1.82, 2.24) is 4.98 Å². The summed E-state index contributed by atoms with van der Waals surface area (Å²) in [4.78, 5) is 5.42. The van der Waals surface area contributed by atoms with Gasteiger partial charge in [0.25, 0.3) is 0 Å². The van der Waals surface area contributed by atoms with Crippen LogP contribution in [0, 0.1) is 0 Å². The lowest BCUT2D eigenvalue weighted by Gasteiger charge is -2.06. The molecule has 0 aliphatic rings. The summed E-state index contributed by atoms with van der Waals surface area (Å²) < 4.78 is 11.1. The van der Waals surface area contributed by atoms with Crippen LogP contribution in [0.3, 0.4) is 0 Å². The number of ether oxygens (including phenoxy) is 2. The van der Waals surface area contributed by atoms with Crippen LogP contribution < -0.4 is 14.8 Å². The lowest BCUT2D eigenvalue weighted by molar-refractivity contribution is 0.307. The number of aromatic nitrogens is 1. The van der Waals surface area contributed by atoms with Crippen molar-refractivity contribution in [2.75, 3.05) is 18.5 Å². The number of anilines is 1. The van der Waals surface area contributed by atoms with Crippen LogP contribution in [0.1, 0.15) is 25.1 Å². The molecule has 0 amide bonds. The summed E-state index contributed by atoms with van der Waals surface area (Å²) in [6.07, 6.45) is 2.95. The predicted octanol–water partition coefficient (Wildman–Crippen LogP) is 3.94. The molecule has 1 aromatic heterocycles. The summed E-state index contributed by atoms with van der Waals surface area (Å²) in [6.45, 7) is 6.27. The summed E-state index contributed by atoms with van der Waals surface area (Å²) in [5.41, 5.74) is 0. The van der Waals surface area contributed by atoms with Gasteiger partial charge in [-0.2, -0.15) is 0 Å². The summed E-state index contributed by atoms with van der Waals surface area (Å²) in [5, 5.41) is 4.23. The first-order valence-corrected chi connectivity index (χ1v) is 7.67. The van der Waals surface area contributed by atoms with Gasteiger partial charge in [-0.15, -0.1) is 0 Å². The van der Waals surface area contributed by atoms with Crippen molar-refractivity contribution in [1.29, 1.82) is 0 Å². The zero-order valence-electron chi connectivity index (χ0n) is 11.9. The molecule has 0 atom stereocenters. The number of rotatable bonds is 8. The Morgan fingerprint density at radius 3 is 2.45 bits per heavy atom. The monoisotopic (exact) mass is 292 g/mol. The van der Waals surface area contributed by atoms with Gasteiger partial charge in [-0.05, 0) is 37.6 Å². The number of hydrogen-bond acceptors (Lipinski definition) is 5. The lowest BCUT2D eigenvalue weighted by Crippen LogP contribution is -1.97. The minimum Gasteiger partial charge on any atom is -0.494 e. The molecule has 0 aliphatic carbocycles. The number of nitrogens with one attached hydrogen (secondary N) is 1.